The second-order valence-electron chi connectivity index (χ2n) is 5.21. The first-order valence-corrected chi connectivity index (χ1v) is 9.17. The van der Waals surface area contributed by atoms with Crippen LogP contribution in [0.4, 0.5) is 9.39 Å². The van der Waals surface area contributed by atoms with Gasteiger partial charge in [-0.15, -0.1) is 21.5 Å². The van der Waals surface area contributed by atoms with Gasteiger partial charge in [-0.05, 0) is 30.5 Å². The standard InChI is InChI=1S/C16H13FN6OS2/c1-9(14(24)20-15-11(8-18)5-6-25-15)26-16-22-21-13(23(16)19)10-3-2-4-12(17)7-10/h2-7,9H,19H2,1H3,(H,20,24)/t9-/m1/s1. The highest BCUT2D eigenvalue weighted by atomic mass is 32.2. The Morgan fingerprint density at radius 3 is 3.00 bits per heavy atom. The number of thioether (sulfide) groups is 1. The molecule has 3 N–H and O–H groups in total. The van der Waals surface area contributed by atoms with Gasteiger partial charge in [-0.3, -0.25) is 4.79 Å². The van der Waals surface area contributed by atoms with E-state index in [0.717, 1.165) is 11.8 Å². The van der Waals surface area contributed by atoms with Crippen LogP contribution in [0.25, 0.3) is 11.4 Å². The molecule has 0 aliphatic carbocycles. The lowest BCUT2D eigenvalue weighted by Crippen LogP contribution is -2.23. The van der Waals surface area contributed by atoms with Gasteiger partial charge in [0.1, 0.15) is 16.9 Å². The number of benzene rings is 1. The number of rotatable bonds is 5. The molecular formula is C16H13FN6OS2. The van der Waals surface area contributed by atoms with Crippen LogP contribution in [0.15, 0.2) is 40.9 Å². The van der Waals surface area contributed by atoms with Crippen LogP contribution in [-0.4, -0.2) is 26.0 Å². The van der Waals surface area contributed by atoms with Gasteiger partial charge >= 0.3 is 0 Å². The summed E-state index contributed by atoms with van der Waals surface area (Å²) in [5.74, 6) is 5.59. The molecule has 2 heterocycles. The molecule has 0 spiro atoms. The van der Waals surface area contributed by atoms with E-state index in [-0.39, 0.29) is 5.91 Å². The van der Waals surface area contributed by atoms with E-state index < -0.39 is 11.1 Å². The maximum Gasteiger partial charge on any atom is 0.238 e. The number of hydrogen-bond acceptors (Lipinski definition) is 7. The largest absolute Gasteiger partial charge is 0.335 e. The van der Waals surface area contributed by atoms with Gasteiger partial charge in [0.15, 0.2) is 5.82 Å². The third kappa shape index (κ3) is 3.68. The monoisotopic (exact) mass is 388 g/mol. The van der Waals surface area contributed by atoms with Crippen molar-refractivity contribution in [3.63, 3.8) is 0 Å². The van der Waals surface area contributed by atoms with E-state index in [2.05, 4.69) is 15.5 Å². The first-order chi connectivity index (χ1) is 12.5. The van der Waals surface area contributed by atoms with Gasteiger partial charge in [0.2, 0.25) is 11.1 Å². The van der Waals surface area contributed by atoms with Gasteiger partial charge in [0.05, 0.1) is 10.8 Å². The molecule has 0 saturated heterocycles. The minimum Gasteiger partial charge on any atom is -0.335 e. The maximum atomic E-state index is 13.4. The Hall–Kier alpha value is -2.90. The second kappa shape index (κ2) is 7.55. The van der Waals surface area contributed by atoms with Crippen molar-refractivity contribution in [3.05, 3.63) is 47.1 Å². The van der Waals surface area contributed by atoms with Crippen molar-refractivity contribution in [2.24, 2.45) is 0 Å². The molecule has 0 bridgehead atoms. The molecule has 1 aromatic carbocycles. The van der Waals surface area contributed by atoms with Crippen LogP contribution in [0.1, 0.15) is 12.5 Å². The van der Waals surface area contributed by atoms with E-state index in [0.29, 0.717) is 27.1 Å². The molecule has 3 aromatic rings. The van der Waals surface area contributed by atoms with Crippen molar-refractivity contribution in [2.75, 3.05) is 11.2 Å². The summed E-state index contributed by atoms with van der Waals surface area (Å²) in [7, 11) is 0. The average molecular weight is 388 g/mol. The van der Waals surface area contributed by atoms with Crippen LogP contribution in [0.5, 0.6) is 0 Å². The Balaban J connectivity index is 1.73. The molecule has 0 unspecified atom stereocenters. The average Bonchev–Trinajstić information content (AvgIpc) is 3.21. The van der Waals surface area contributed by atoms with E-state index >= 15 is 0 Å². The minimum atomic E-state index is -0.532. The number of thiophene rings is 1. The molecule has 3 rings (SSSR count). The van der Waals surface area contributed by atoms with Crippen molar-refractivity contribution in [1.29, 1.82) is 5.26 Å². The summed E-state index contributed by atoms with van der Waals surface area (Å²) in [6.07, 6.45) is 0. The lowest BCUT2D eigenvalue weighted by Gasteiger charge is -2.10. The first kappa shape index (κ1) is 17.9. The molecule has 0 aliphatic heterocycles. The molecule has 7 nitrogen and oxygen atoms in total. The Kier molecular flexibility index (Phi) is 5.20. The zero-order valence-corrected chi connectivity index (χ0v) is 15.1. The number of carbonyl (C=O) groups is 1. The van der Waals surface area contributed by atoms with Gasteiger partial charge in [0, 0.05) is 5.56 Å². The number of halogens is 1. The molecule has 0 aliphatic rings. The van der Waals surface area contributed by atoms with Gasteiger partial charge in [-0.1, -0.05) is 23.9 Å². The van der Waals surface area contributed by atoms with E-state index in [1.165, 1.54) is 28.1 Å². The lowest BCUT2D eigenvalue weighted by molar-refractivity contribution is -0.115. The van der Waals surface area contributed by atoms with Crippen LogP contribution in [0.3, 0.4) is 0 Å². The zero-order chi connectivity index (χ0) is 18.7. The molecule has 0 fully saturated rings. The number of nitrogens with two attached hydrogens (primary N) is 1. The second-order valence-corrected chi connectivity index (χ2v) is 7.44. The van der Waals surface area contributed by atoms with Crippen molar-refractivity contribution < 1.29 is 9.18 Å². The molecule has 132 valence electrons. The Labute approximate surface area is 156 Å². The van der Waals surface area contributed by atoms with Crippen LogP contribution < -0.4 is 11.2 Å². The topological polar surface area (TPSA) is 110 Å². The van der Waals surface area contributed by atoms with Gasteiger partial charge in [-0.25, -0.2) is 9.07 Å². The molecule has 0 saturated carbocycles. The summed E-state index contributed by atoms with van der Waals surface area (Å²) in [6.45, 7) is 1.69. The highest BCUT2D eigenvalue weighted by molar-refractivity contribution is 8.00. The number of amides is 1. The van der Waals surface area contributed by atoms with E-state index in [4.69, 9.17) is 11.1 Å². The summed E-state index contributed by atoms with van der Waals surface area (Å²) >= 11 is 2.39. The quantitative estimate of drug-likeness (QED) is 0.514. The Morgan fingerprint density at radius 2 is 2.27 bits per heavy atom. The van der Waals surface area contributed by atoms with Crippen molar-refractivity contribution in [1.82, 2.24) is 14.9 Å². The maximum absolute atomic E-state index is 13.4. The SMILES string of the molecule is C[C@@H](Sc1nnc(-c2cccc(F)c2)n1N)C(=O)Nc1sccc1C#N. The van der Waals surface area contributed by atoms with Crippen LogP contribution >= 0.6 is 23.1 Å². The normalized spacial score (nSPS) is 11.7. The number of aromatic nitrogens is 3. The summed E-state index contributed by atoms with van der Waals surface area (Å²) in [4.78, 5) is 12.3. The smallest absolute Gasteiger partial charge is 0.238 e. The Morgan fingerprint density at radius 1 is 1.46 bits per heavy atom. The van der Waals surface area contributed by atoms with Gasteiger partial charge < -0.3 is 11.2 Å². The van der Waals surface area contributed by atoms with Crippen LogP contribution in [0, 0.1) is 17.1 Å². The van der Waals surface area contributed by atoms with E-state index in [9.17, 15) is 9.18 Å². The lowest BCUT2D eigenvalue weighted by atomic mass is 10.2. The highest BCUT2D eigenvalue weighted by Crippen LogP contribution is 2.27. The number of nitriles is 1. The first-order valence-electron chi connectivity index (χ1n) is 7.41. The molecule has 1 atom stereocenters. The zero-order valence-electron chi connectivity index (χ0n) is 13.5. The number of anilines is 1. The molecule has 1 amide bonds. The number of nitrogen functional groups attached to an aromatic ring is 1. The summed E-state index contributed by atoms with van der Waals surface area (Å²) in [6, 6.07) is 9.50. The fourth-order valence-corrected chi connectivity index (χ4v) is 3.61. The third-order valence-electron chi connectivity index (χ3n) is 3.42. The van der Waals surface area contributed by atoms with E-state index in [1.54, 1.807) is 30.5 Å². The highest BCUT2D eigenvalue weighted by Gasteiger charge is 2.21. The molecule has 0 radical (unpaired) electrons. The molecule has 26 heavy (non-hydrogen) atoms. The molecular weight excluding hydrogens is 375 g/mol. The summed E-state index contributed by atoms with van der Waals surface area (Å²) in [5.41, 5.74) is 0.900. The van der Waals surface area contributed by atoms with Crippen molar-refractivity contribution in [3.8, 4) is 17.5 Å². The van der Waals surface area contributed by atoms with Gasteiger partial charge in [0.25, 0.3) is 0 Å². The van der Waals surface area contributed by atoms with Gasteiger partial charge in [-0.2, -0.15) is 5.26 Å². The summed E-state index contributed by atoms with van der Waals surface area (Å²) < 4.78 is 14.6. The number of nitrogens with zero attached hydrogens (tertiary/aromatic N) is 4. The fourth-order valence-electron chi connectivity index (χ4n) is 2.10. The number of hydrogen-bond donors (Lipinski definition) is 2. The van der Waals surface area contributed by atoms with Crippen molar-refractivity contribution >= 4 is 34.0 Å². The third-order valence-corrected chi connectivity index (χ3v) is 5.31. The van der Waals surface area contributed by atoms with Crippen molar-refractivity contribution in [2.45, 2.75) is 17.3 Å². The minimum absolute atomic E-state index is 0.288. The van der Waals surface area contributed by atoms with Crippen LogP contribution in [0.2, 0.25) is 0 Å². The van der Waals surface area contributed by atoms with E-state index in [1.807, 2.05) is 6.07 Å². The Bertz CT molecular complexity index is 993. The predicted molar refractivity (Wildman–Crippen MR) is 98.5 cm³/mol. The number of carbonyl (C=O) groups excluding carboxylic acids is 1. The number of nitrogens with one attached hydrogen (secondary N) is 1. The molecule has 10 heteroatoms. The fraction of sp³-hybridized carbons (Fsp3) is 0.125. The molecule has 2 aromatic heterocycles. The predicted octanol–water partition coefficient (Wildman–Crippen LogP) is 2.85. The van der Waals surface area contributed by atoms with Crippen LogP contribution in [-0.2, 0) is 4.79 Å². The summed E-state index contributed by atoms with van der Waals surface area (Å²) in [5, 5.41) is 21.7.